The zero-order chi connectivity index (χ0) is 18.2. The molecule has 0 aliphatic carbocycles. The molecule has 0 saturated heterocycles. The predicted molar refractivity (Wildman–Crippen MR) is 98.9 cm³/mol. The second-order valence-electron chi connectivity index (χ2n) is 5.64. The van der Waals surface area contributed by atoms with Gasteiger partial charge in [0.2, 0.25) is 11.7 Å². The largest absolute Gasteiger partial charge is 0.493 e. The maximum absolute atomic E-state index is 12.2. The van der Waals surface area contributed by atoms with Crippen LogP contribution in [0.15, 0.2) is 36.4 Å². The number of ether oxygens (including phenoxy) is 3. The molecule has 0 aliphatic rings. The van der Waals surface area contributed by atoms with Crippen molar-refractivity contribution < 1.29 is 19.0 Å². The summed E-state index contributed by atoms with van der Waals surface area (Å²) in [5.74, 6) is 1.71. The lowest BCUT2D eigenvalue weighted by Gasteiger charge is -2.14. The average molecular weight is 343 g/mol. The van der Waals surface area contributed by atoms with Gasteiger partial charge in [-0.2, -0.15) is 0 Å². The first-order valence-electron chi connectivity index (χ1n) is 8.29. The summed E-state index contributed by atoms with van der Waals surface area (Å²) >= 11 is 0. The van der Waals surface area contributed by atoms with Crippen LogP contribution >= 0.6 is 0 Å². The highest BCUT2D eigenvalue weighted by atomic mass is 16.5. The van der Waals surface area contributed by atoms with Gasteiger partial charge < -0.3 is 19.5 Å². The van der Waals surface area contributed by atoms with Crippen molar-refractivity contribution in [2.75, 3.05) is 26.6 Å². The molecule has 5 heteroatoms. The second kappa shape index (κ2) is 8.97. The number of amides is 1. The number of carbonyl (C=O) groups excluding carboxylic acids is 1. The molecule has 0 bridgehead atoms. The third kappa shape index (κ3) is 4.89. The van der Waals surface area contributed by atoms with Gasteiger partial charge in [0.1, 0.15) is 0 Å². The third-order valence-corrected chi connectivity index (χ3v) is 3.98. The number of carbonyl (C=O) groups is 1. The molecule has 0 heterocycles. The molecule has 1 amide bonds. The van der Waals surface area contributed by atoms with Gasteiger partial charge in [-0.3, -0.25) is 4.79 Å². The monoisotopic (exact) mass is 343 g/mol. The number of benzene rings is 2. The smallest absolute Gasteiger partial charge is 0.224 e. The molecule has 0 aliphatic heterocycles. The molecular weight excluding hydrogens is 318 g/mol. The highest BCUT2D eigenvalue weighted by Crippen LogP contribution is 2.38. The lowest BCUT2D eigenvalue weighted by Crippen LogP contribution is -2.12. The van der Waals surface area contributed by atoms with Crippen molar-refractivity contribution in [1.29, 1.82) is 0 Å². The first-order chi connectivity index (χ1) is 12.1. The number of nitrogens with one attached hydrogen (secondary N) is 1. The standard InChI is InChI=1S/C20H25NO4/c1-5-14-7-6-8-16(11-14)21-19(22)10-9-15-12-17(23-2)20(25-4)18(13-15)24-3/h6-8,11-13H,5,9-10H2,1-4H3,(H,21,22). The van der Waals surface area contributed by atoms with E-state index in [0.29, 0.717) is 30.1 Å². The second-order valence-corrected chi connectivity index (χ2v) is 5.64. The van der Waals surface area contributed by atoms with E-state index in [2.05, 4.69) is 12.2 Å². The molecule has 0 aromatic heterocycles. The zero-order valence-corrected chi connectivity index (χ0v) is 15.2. The minimum atomic E-state index is -0.0259. The fourth-order valence-electron chi connectivity index (χ4n) is 2.63. The Labute approximate surface area is 148 Å². The van der Waals surface area contributed by atoms with Gasteiger partial charge in [0.25, 0.3) is 0 Å². The molecule has 2 rings (SSSR count). The highest BCUT2D eigenvalue weighted by Gasteiger charge is 2.14. The van der Waals surface area contributed by atoms with Crippen LogP contribution in [-0.4, -0.2) is 27.2 Å². The Hall–Kier alpha value is -2.69. The van der Waals surface area contributed by atoms with Gasteiger partial charge in [-0.15, -0.1) is 0 Å². The van der Waals surface area contributed by atoms with Crippen LogP contribution in [0.3, 0.4) is 0 Å². The van der Waals surface area contributed by atoms with Crippen molar-refractivity contribution in [1.82, 2.24) is 0 Å². The van der Waals surface area contributed by atoms with E-state index in [-0.39, 0.29) is 5.91 Å². The summed E-state index contributed by atoms with van der Waals surface area (Å²) in [6, 6.07) is 11.6. The summed E-state index contributed by atoms with van der Waals surface area (Å²) in [5.41, 5.74) is 2.98. The Morgan fingerprint density at radius 2 is 1.64 bits per heavy atom. The number of anilines is 1. The summed E-state index contributed by atoms with van der Waals surface area (Å²) in [4.78, 5) is 12.2. The van der Waals surface area contributed by atoms with Crippen LogP contribution in [0, 0.1) is 0 Å². The van der Waals surface area contributed by atoms with Crippen LogP contribution < -0.4 is 19.5 Å². The molecule has 0 fully saturated rings. The van der Waals surface area contributed by atoms with Crippen molar-refractivity contribution in [2.45, 2.75) is 26.2 Å². The molecule has 0 spiro atoms. The van der Waals surface area contributed by atoms with Gasteiger partial charge in [-0.1, -0.05) is 19.1 Å². The molecule has 1 N–H and O–H groups in total. The molecule has 2 aromatic rings. The maximum Gasteiger partial charge on any atom is 0.224 e. The van der Waals surface area contributed by atoms with E-state index in [1.54, 1.807) is 21.3 Å². The summed E-state index contributed by atoms with van der Waals surface area (Å²) < 4.78 is 16.0. The molecule has 25 heavy (non-hydrogen) atoms. The number of aryl methyl sites for hydroxylation is 2. The molecule has 0 saturated carbocycles. The van der Waals surface area contributed by atoms with E-state index in [1.165, 1.54) is 5.56 Å². The Kier molecular flexibility index (Phi) is 6.69. The summed E-state index contributed by atoms with van der Waals surface area (Å²) in [7, 11) is 4.72. The van der Waals surface area contributed by atoms with Crippen molar-refractivity contribution in [3.63, 3.8) is 0 Å². The van der Waals surface area contributed by atoms with Crippen LogP contribution in [0.1, 0.15) is 24.5 Å². The average Bonchev–Trinajstić information content (AvgIpc) is 2.65. The summed E-state index contributed by atoms with van der Waals surface area (Å²) in [5, 5.41) is 2.94. The van der Waals surface area contributed by atoms with E-state index >= 15 is 0 Å². The lowest BCUT2D eigenvalue weighted by molar-refractivity contribution is -0.116. The Bertz CT molecular complexity index is 702. The van der Waals surface area contributed by atoms with E-state index in [9.17, 15) is 4.79 Å². The van der Waals surface area contributed by atoms with E-state index in [4.69, 9.17) is 14.2 Å². The Morgan fingerprint density at radius 3 is 2.20 bits per heavy atom. The van der Waals surface area contributed by atoms with Crippen molar-refractivity contribution in [2.24, 2.45) is 0 Å². The van der Waals surface area contributed by atoms with Gasteiger partial charge in [-0.05, 0) is 48.2 Å². The third-order valence-electron chi connectivity index (χ3n) is 3.98. The molecule has 5 nitrogen and oxygen atoms in total. The quantitative estimate of drug-likeness (QED) is 0.791. The van der Waals surface area contributed by atoms with Crippen LogP contribution in [0.5, 0.6) is 17.2 Å². The van der Waals surface area contributed by atoms with Gasteiger partial charge in [0, 0.05) is 12.1 Å². The lowest BCUT2D eigenvalue weighted by atomic mass is 10.1. The Morgan fingerprint density at radius 1 is 0.960 bits per heavy atom. The molecule has 134 valence electrons. The van der Waals surface area contributed by atoms with Crippen LogP contribution in [0.2, 0.25) is 0 Å². The topological polar surface area (TPSA) is 56.8 Å². The number of hydrogen-bond donors (Lipinski definition) is 1. The minimum absolute atomic E-state index is 0.0259. The van der Waals surface area contributed by atoms with Crippen molar-refractivity contribution >= 4 is 11.6 Å². The van der Waals surface area contributed by atoms with Gasteiger partial charge in [-0.25, -0.2) is 0 Å². The fraction of sp³-hybridized carbons (Fsp3) is 0.350. The summed E-state index contributed by atoms with van der Waals surface area (Å²) in [6.45, 7) is 2.09. The number of hydrogen-bond acceptors (Lipinski definition) is 4. The predicted octanol–water partition coefficient (Wildman–Crippen LogP) is 3.85. The molecule has 2 aromatic carbocycles. The molecule has 0 unspecified atom stereocenters. The molecular formula is C20H25NO4. The highest BCUT2D eigenvalue weighted by molar-refractivity contribution is 5.90. The summed E-state index contributed by atoms with van der Waals surface area (Å²) in [6.07, 6.45) is 1.89. The first kappa shape index (κ1) is 18.6. The zero-order valence-electron chi connectivity index (χ0n) is 15.2. The van der Waals surface area contributed by atoms with E-state index < -0.39 is 0 Å². The Balaban J connectivity index is 2.03. The fourth-order valence-corrected chi connectivity index (χ4v) is 2.63. The van der Waals surface area contributed by atoms with Gasteiger partial charge >= 0.3 is 0 Å². The van der Waals surface area contributed by atoms with Crippen molar-refractivity contribution in [3.8, 4) is 17.2 Å². The van der Waals surface area contributed by atoms with Crippen LogP contribution in [0.25, 0.3) is 0 Å². The van der Waals surface area contributed by atoms with Gasteiger partial charge in [0.05, 0.1) is 21.3 Å². The van der Waals surface area contributed by atoms with E-state index in [1.807, 2.05) is 36.4 Å². The van der Waals surface area contributed by atoms with Crippen LogP contribution in [-0.2, 0) is 17.6 Å². The number of methoxy groups -OCH3 is 3. The molecule has 0 radical (unpaired) electrons. The normalized spacial score (nSPS) is 10.2. The maximum atomic E-state index is 12.2. The number of rotatable bonds is 8. The minimum Gasteiger partial charge on any atom is -0.493 e. The van der Waals surface area contributed by atoms with Crippen molar-refractivity contribution in [3.05, 3.63) is 47.5 Å². The molecule has 0 atom stereocenters. The van der Waals surface area contributed by atoms with E-state index in [0.717, 1.165) is 17.7 Å². The van der Waals surface area contributed by atoms with Crippen LogP contribution in [0.4, 0.5) is 5.69 Å². The SMILES string of the molecule is CCc1cccc(NC(=O)CCc2cc(OC)c(OC)c(OC)c2)c1. The first-order valence-corrected chi connectivity index (χ1v) is 8.29. The van der Waals surface area contributed by atoms with Gasteiger partial charge in [0.15, 0.2) is 11.5 Å².